The molecule has 0 atom stereocenters. The molecule has 0 aliphatic carbocycles. The Labute approximate surface area is 248 Å². The van der Waals surface area contributed by atoms with Crippen molar-refractivity contribution < 1.29 is 34.8 Å². The highest BCUT2D eigenvalue weighted by Crippen LogP contribution is 2.32. The van der Waals surface area contributed by atoms with E-state index in [1.807, 2.05) is 18.5 Å². The molecule has 2 aromatic carbocycles. The molecule has 2 heterocycles. The van der Waals surface area contributed by atoms with Gasteiger partial charge in [-0.25, -0.2) is 9.97 Å². The number of rotatable bonds is 11. The molecule has 4 aromatic rings. The number of hydrogen-bond donors (Lipinski definition) is 4. The van der Waals surface area contributed by atoms with Crippen molar-refractivity contribution in [3.63, 3.8) is 0 Å². The highest BCUT2D eigenvalue weighted by atomic mass is 16.5. The molecular weight excluding hydrogens is 556 g/mol. The van der Waals surface area contributed by atoms with Gasteiger partial charge in [-0.3, -0.25) is 14.3 Å². The third-order valence-corrected chi connectivity index (χ3v) is 6.95. The van der Waals surface area contributed by atoms with E-state index in [0.29, 0.717) is 29.6 Å². The van der Waals surface area contributed by atoms with Crippen LogP contribution < -0.4 is 4.74 Å². The van der Waals surface area contributed by atoms with E-state index in [4.69, 9.17) is 4.74 Å². The maximum absolute atomic E-state index is 13.7. The fraction of sp³-hybridized carbons (Fsp3) is 0.367. The lowest BCUT2D eigenvalue weighted by Gasteiger charge is -2.21. The zero-order valence-electron chi connectivity index (χ0n) is 24.8. The summed E-state index contributed by atoms with van der Waals surface area (Å²) in [5.41, 5.74) is 2.81. The second-order valence-electron chi connectivity index (χ2n) is 10.6. The minimum Gasteiger partial charge on any atom is -0.508 e. The molecule has 13 nitrogen and oxygen atoms in total. The maximum Gasteiger partial charge on any atom is 0.273 e. The van der Waals surface area contributed by atoms with Crippen molar-refractivity contribution in [1.29, 1.82) is 0 Å². The number of aliphatic hydroxyl groups is 2. The molecule has 43 heavy (non-hydrogen) atoms. The number of fused-ring (bicyclic) bond motifs is 1. The Morgan fingerprint density at radius 1 is 1.05 bits per heavy atom. The summed E-state index contributed by atoms with van der Waals surface area (Å²) < 4.78 is 7.48. The fourth-order valence-electron chi connectivity index (χ4n) is 4.49. The molecule has 228 valence electrons. The number of carbonyl (C=O) groups excluding carboxylic acids is 2. The maximum atomic E-state index is 13.7. The molecule has 0 radical (unpaired) electrons. The van der Waals surface area contributed by atoms with E-state index in [-0.39, 0.29) is 47.8 Å². The summed E-state index contributed by atoms with van der Waals surface area (Å²) in [6.45, 7) is 6.27. The lowest BCUT2D eigenvalue weighted by atomic mass is 10.1. The van der Waals surface area contributed by atoms with Crippen molar-refractivity contribution in [3.8, 4) is 28.6 Å². The number of aromatic nitrogens is 4. The topological polar surface area (TPSA) is 174 Å². The number of nitrogens with zero attached hydrogens (tertiary/aromatic N) is 6. The van der Waals surface area contributed by atoms with Gasteiger partial charge in [-0.1, -0.05) is 0 Å². The Bertz CT molecular complexity index is 1650. The minimum atomic E-state index is -2.11. The number of phenols is 2. The summed E-state index contributed by atoms with van der Waals surface area (Å²) in [5.74, 6) is -2.85. The van der Waals surface area contributed by atoms with Gasteiger partial charge in [0.2, 0.25) is 5.91 Å². The van der Waals surface area contributed by atoms with Crippen LogP contribution in [-0.2, 0) is 17.9 Å². The number of likely N-dealkylation sites (N-methyl/N-ethyl adjacent to an activating group) is 1. The number of ether oxygens (including phenoxy) is 1. The van der Waals surface area contributed by atoms with Gasteiger partial charge in [0, 0.05) is 49.4 Å². The van der Waals surface area contributed by atoms with Gasteiger partial charge in [0.05, 0.1) is 24.7 Å². The van der Waals surface area contributed by atoms with E-state index >= 15 is 0 Å². The Morgan fingerprint density at radius 2 is 1.79 bits per heavy atom. The molecule has 0 saturated carbocycles. The summed E-state index contributed by atoms with van der Waals surface area (Å²) in [6.07, 6.45) is 1.28. The normalized spacial score (nSPS) is 11.5. The quantitative estimate of drug-likeness (QED) is 0.189. The molecule has 0 unspecified atom stereocenters. The molecule has 2 amide bonds. The highest BCUT2D eigenvalue weighted by molar-refractivity contribution is 6.05. The van der Waals surface area contributed by atoms with Crippen molar-refractivity contribution in [1.82, 2.24) is 29.5 Å². The van der Waals surface area contributed by atoms with E-state index in [1.54, 1.807) is 25.4 Å². The van der Waals surface area contributed by atoms with Crippen LogP contribution in [0.2, 0.25) is 0 Å². The zero-order valence-corrected chi connectivity index (χ0v) is 24.8. The van der Waals surface area contributed by atoms with E-state index in [9.17, 15) is 30.0 Å². The van der Waals surface area contributed by atoms with Crippen LogP contribution in [-0.4, -0.2) is 94.8 Å². The highest BCUT2D eigenvalue weighted by Gasteiger charge is 2.24. The Kier molecular flexibility index (Phi) is 9.16. The lowest BCUT2D eigenvalue weighted by Crippen LogP contribution is -2.37. The molecule has 0 spiro atoms. The van der Waals surface area contributed by atoms with Gasteiger partial charge in [-0.05, 0) is 57.2 Å². The van der Waals surface area contributed by atoms with Gasteiger partial charge in [-0.2, -0.15) is 5.10 Å². The largest absolute Gasteiger partial charge is 0.508 e. The average Bonchev–Trinajstić information content (AvgIpc) is 3.30. The van der Waals surface area contributed by atoms with Gasteiger partial charge in [-0.15, -0.1) is 0 Å². The first kappa shape index (κ1) is 31.2. The van der Waals surface area contributed by atoms with Crippen molar-refractivity contribution in [2.24, 2.45) is 0 Å². The van der Waals surface area contributed by atoms with Crippen LogP contribution in [0.25, 0.3) is 22.3 Å². The summed E-state index contributed by atoms with van der Waals surface area (Å²) >= 11 is 0. The standard InChI is InChI=1S/C30H36N6O7/c1-6-36-18(2)20(16-31-36)17-35(5)29(40)27-22-14-21(37)8-9-23(22)32-28(33-27)19-7-10-25(24(38)13-19)43-12-11-34(4)26(39)15-30(3,41)42/h7-10,13-14,16,37-38,41-42H,6,11-12,15,17H2,1-5H3. The van der Waals surface area contributed by atoms with E-state index < -0.39 is 18.1 Å². The molecule has 0 saturated heterocycles. The molecule has 0 aliphatic heterocycles. The molecule has 4 N–H and O–H groups in total. The molecule has 2 aromatic heterocycles. The van der Waals surface area contributed by atoms with E-state index in [0.717, 1.165) is 18.2 Å². The number of carbonyl (C=O) groups is 2. The SMILES string of the molecule is CCn1ncc(CN(C)C(=O)c2nc(-c3ccc(OCCN(C)C(=O)CC(C)(O)O)c(O)c3)nc3ccc(O)cc23)c1C. The van der Waals surface area contributed by atoms with Crippen molar-refractivity contribution in [2.75, 3.05) is 27.2 Å². The van der Waals surface area contributed by atoms with Crippen LogP contribution in [0.3, 0.4) is 0 Å². The minimum absolute atomic E-state index is 0.0335. The van der Waals surface area contributed by atoms with Crippen LogP contribution in [0.15, 0.2) is 42.6 Å². The second kappa shape index (κ2) is 12.6. The van der Waals surface area contributed by atoms with E-state index in [1.165, 1.54) is 41.1 Å². The average molecular weight is 593 g/mol. The smallest absolute Gasteiger partial charge is 0.273 e. The monoisotopic (exact) mass is 592 g/mol. The number of hydrogen-bond acceptors (Lipinski definition) is 10. The Balaban J connectivity index is 1.56. The fourth-order valence-corrected chi connectivity index (χ4v) is 4.49. The summed E-state index contributed by atoms with van der Waals surface area (Å²) in [4.78, 5) is 37.7. The van der Waals surface area contributed by atoms with Gasteiger partial charge < -0.3 is 35.0 Å². The molecule has 4 rings (SSSR count). The second-order valence-corrected chi connectivity index (χ2v) is 10.6. The summed E-state index contributed by atoms with van der Waals surface area (Å²) in [6, 6.07) is 9.07. The van der Waals surface area contributed by atoms with Gasteiger partial charge in [0.15, 0.2) is 23.1 Å². The van der Waals surface area contributed by atoms with Gasteiger partial charge >= 0.3 is 0 Å². The number of amides is 2. The number of aryl methyl sites for hydroxylation is 1. The predicted octanol–water partition coefficient (Wildman–Crippen LogP) is 2.43. The first-order valence-corrected chi connectivity index (χ1v) is 13.7. The van der Waals surface area contributed by atoms with Crippen LogP contribution in [0, 0.1) is 6.92 Å². The third kappa shape index (κ3) is 7.37. The van der Waals surface area contributed by atoms with Crippen molar-refractivity contribution in [2.45, 2.75) is 46.1 Å². The van der Waals surface area contributed by atoms with Crippen LogP contribution in [0.5, 0.6) is 17.2 Å². The van der Waals surface area contributed by atoms with Crippen LogP contribution >= 0.6 is 0 Å². The summed E-state index contributed by atoms with van der Waals surface area (Å²) in [5, 5.41) is 44.4. The Hall–Kier alpha value is -4.75. The number of phenolic OH excluding ortho intramolecular Hbond substituents is 2. The first-order valence-electron chi connectivity index (χ1n) is 13.7. The lowest BCUT2D eigenvalue weighted by molar-refractivity contribution is -0.167. The Morgan fingerprint density at radius 3 is 2.44 bits per heavy atom. The van der Waals surface area contributed by atoms with Crippen molar-refractivity contribution in [3.05, 3.63) is 59.5 Å². The van der Waals surface area contributed by atoms with E-state index in [2.05, 4.69) is 15.1 Å². The molecular formula is C30H36N6O7. The first-order chi connectivity index (χ1) is 20.3. The molecule has 0 aliphatic rings. The number of benzene rings is 2. The third-order valence-electron chi connectivity index (χ3n) is 6.95. The van der Waals surface area contributed by atoms with Gasteiger partial charge in [0.1, 0.15) is 18.1 Å². The van der Waals surface area contributed by atoms with Gasteiger partial charge in [0.25, 0.3) is 5.91 Å². The van der Waals surface area contributed by atoms with Crippen molar-refractivity contribution >= 4 is 22.7 Å². The number of aromatic hydroxyl groups is 2. The summed E-state index contributed by atoms with van der Waals surface area (Å²) in [7, 11) is 3.17. The van der Waals surface area contributed by atoms with Crippen LogP contribution in [0.1, 0.15) is 42.0 Å². The molecule has 0 fully saturated rings. The predicted molar refractivity (Wildman–Crippen MR) is 157 cm³/mol. The zero-order chi connectivity index (χ0) is 31.5. The molecule has 13 heteroatoms. The van der Waals surface area contributed by atoms with Crippen LogP contribution in [0.4, 0.5) is 0 Å². The molecule has 0 bridgehead atoms.